The number of fused-ring (bicyclic) bond motifs is 5. The van der Waals surface area contributed by atoms with Gasteiger partial charge in [0.25, 0.3) is 0 Å². The number of guanidine groups is 1. The number of rotatable bonds is 10. The molecule has 2 amide bonds. The lowest BCUT2D eigenvalue weighted by Crippen LogP contribution is -2.40. The smallest absolute Gasteiger partial charge is 0.233 e. The van der Waals surface area contributed by atoms with Crippen LogP contribution in [0.4, 0.5) is 0 Å². The zero-order chi connectivity index (χ0) is 21.6. The van der Waals surface area contributed by atoms with Crippen LogP contribution in [0, 0.1) is 23.7 Å². The standard InChI is InChI=1S/C24H32N4O3/c1-25-24(26-12-5-6-15-31-19-8-3-2-4-9-19)27-13-7-14-28-22(29)20-17-10-11-18(16-17)21(20)23(28)30/h2-4,8-11,17-18,20-21H,5-7,12-16H2,1H3,(H2,25,26,27). The molecule has 4 unspecified atom stereocenters. The van der Waals surface area contributed by atoms with E-state index in [2.05, 4.69) is 27.8 Å². The van der Waals surface area contributed by atoms with Crippen LogP contribution in [0.2, 0.25) is 0 Å². The summed E-state index contributed by atoms with van der Waals surface area (Å²) in [6, 6.07) is 9.83. The molecule has 1 heterocycles. The first-order valence-corrected chi connectivity index (χ1v) is 11.3. The number of unbranched alkanes of at least 4 members (excludes halogenated alkanes) is 1. The summed E-state index contributed by atoms with van der Waals surface area (Å²) in [5, 5.41) is 6.56. The van der Waals surface area contributed by atoms with Gasteiger partial charge in [-0.05, 0) is 49.7 Å². The number of hydrogen-bond acceptors (Lipinski definition) is 4. The fourth-order valence-corrected chi connectivity index (χ4v) is 4.99. The Morgan fingerprint density at radius 2 is 1.65 bits per heavy atom. The second kappa shape index (κ2) is 9.98. The molecule has 0 spiro atoms. The molecule has 4 rings (SSSR count). The maximum Gasteiger partial charge on any atom is 0.233 e. The third kappa shape index (κ3) is 4.75. The minimum Gasteiger partial charge on any atom is -0.494 e. The number of ether oxygens (including phenoxy) is 1. The average Bonchev–Trinajstić information content (AvgIpc) is 3.47. The number of aliphatic imine (C=N–C) groups is 1. The Kier molecular flexibility index (Phi) is 6.89. The average molecular weight is 425 g/mol. The minimum absolute atomic E-state index is 0.0343. The van der Waals surface area contributed by atoms with Crippen LogP contribution in [0.25, 0.3) is 0 Å². The van der Waals surface area contributed by atoms with E-state index in [1.54, 1.807) is 7.05 Å². The molecule has 1 saturated heterocycles. The molecule has 1 aromatic carbocycles. The van der Waals surface area contributed by atoms with E-state index in [9.17, 15) is 9.59 Å². The molecule has 2 bridgehead atoms. The van der Waals surface area contributed by atoms with Gasteiger partial charge in [0.2, 0.25) is 11.8 Å². The maximum absolute atomic E-state index is 12.7. The first kappa shape index (κ1) is 21.4. The molecule has 1 aromatic rings. The van der Waals surface area contributed by atoms with Gasteiger partial charge in [0.05, 0.1) is 18.4 Å². The van der Waals surface area contributed by atoms with Crippen molar-refractivity contribution in [2.75, 3.05) is 33.3 Å². The molecule has 166 valence electrons. The predicted octanol–water partition coefficient (Wildman–Crippen LogP) is 2.21. The Bertz CT molecular complexity index is 808. The topological polar surface area (TPSA) is 83.0 Å². The summed E-state index contributed by atoms with van der Waals surface area (Å²) >= 11 is 0. The predicted molar refractivity (Wildman–Crippen MR) is 120 cm³/mol. The number of carbonyl (C=O) groups excluding carboxylic acids is 2. The molecule has 1 aliphatic heterocycles. The van der Waals surface area contributed by atoms with E-state index >= 15 is 0 Å². The zero-order valence-corrected chi connectivity index (χ0v) is 18.1. The summed E-state index contributed by atoms with van der Waals surface area (Å²) < 4.78 is 5.69. The van der Waals surface area contributed by atoms with Crippen molar-refractivity contribution in [1.82, 2.24) is 15.5 Å². The van der Waals surface area contributed by atoms with Gasteiger partial charge in [-0.2, -0.15) is 0 Å². The van der Waals surface area contributed by atoms with Gasteiger partial charge in [0.15, 0.2) is 5.96 Å². The van der Waals surface area contributed by atoms with Crippen molar-refractivity contribution in [2.45, 2.75) is 25.7 Å². The molecule has 7 nitrogen and oxygen atoms in total. The number of benzene rings is 1. The van der Waals surface area contributed by atoms with E-state index < -0.39 is 0 Å². The number of para-hydroxylation sites is 1. The first-order chi connectivity index (χ1) is 15.2. The Hall–Kier alpha value is -2.83. The molecule has 2 N–H and O–H groups in total. The number of amides is 2. The highest BCUT2D eigenvalue weighted by molar-refractivity contribution is 6.06. The van der Waals surface area contributed by atoms with E-state index in [1.165, 1.54) is 4.90 Å². The molecular weight excluding hydrogens is 392 g/mol. The van der Waals surface area contributed by atoms with E-state index in [4.69, 9.17) is 4.74 Å². The van der Waals surface area contributed by atoms with Crippen LogP contribution in [-0.4, -0.2) is 56.0 Å². The van der Waals surface area contributed by atoms with E-state index in [1.807, 2.05) is 30.3 Å². The van der Waals surface area contributed by atoms with Crippen LogP contribution in [-0.2, 0) is 9.59 Å². The molecular formula is C24H32N4O3. The maximum atomic E-state index is 12.7. The van der Waals surface area contributed by atoms with Gasteiger partial charge in [-0.1, -0.05) is 30.4 Å². The van der Waals surface area contributed by atoms with Gasteiger partial charge in [0.1, 0.15) is 5.75 Å². The molecule has 2 aliphatic carbocycles. The summed E-state index contributed by atoms with van der Waals surface area (Å²) in [4.78, 5) is 31.1. The van der Waals surface area contributed by atoms with Crippen molar-refractivity contribution in [1.29, 1.82) is 0 Å². The van der Waals surface area contributed by atoms with Gasteiger partial charge in [-0.25, -0.2) is 0 Å². The molecule has 3 aliphatic rings. The van der Waals surface area contributed by atoms with Crippen molar-refractivity contribution < 1.29 is 14.3 Å². The third-order valence-electron chi connectivity index (χ3n) is 6.51. The SMILES string of the molecule is CN=C(NCCCCOc1ccccc1)NCCCN1C(=O)C2C3C=CC(C3)C2C1=O. The van der Waals surface area contributed by atoms with Crippen molar-refractivity contribution >= 4 is 17.8 Å². The summed E-state index contributed by atoms with van der Waals surface area (Å²) in [7, 11) is 1.74. The second-order valence-electron chi connectivity index (χ2n) is 8.48. The number of nitrogens with zero attached hydrogens (tertiary/aromatic N) is 2. The van der Waals surface area contributed by atoms with Crippen LogP contribution in [0.1, 0.15) is 25.7 Å². The highest BCUT2D eigenvalue weighted by Crippen LogP contribution is 2.52. The highest BCUT2D eigenvalue weighted by atomic mass is 16.5. The Balaban J connectivity index is 1.08. The molecule has 31 heavy (non-hydrogen) atoms. The largest absolute Gasteiger partial charge is 0.494 e. The second-order valence-corrected chi connectivity index (χ2v) is 8.48. The van der Waals surface area contributed by atoms with Gasteiger partial charge in [-0.3, -0.25) is 19.5 Å². The molecule has 1 saturated carbocycles. The zero-order valence-electron chi connectivity index (χ0n) is 18.1. The lowest BCUT2D eigenvalue weighted by Gasteiger charge is -2.18. The third-order valence-corrected chi connectivity index (χ3v) is 6.51. The van der Waals surface area contributed by atoms with Crippen molar-refractivity contribution in [3.63, 3.8) is 0 Å². The van der Waals surface area contributed by atoms with Crippen LogP contribution in [0.5, 0.6) is 5.75 Å². The van der Waals surface area contributed by atoms with Gasteiger partial charge >= 0.3 is 0 Å². The fourth-order valence-electron chi connectivity index (χ4n) is 4.99. The van der Waals surface area contributed by atoms with Crippen molar-refractivity contribution in [3.05, 3.63) is 42.5 Å². The molecule has 4 atom stereocenters. The van der Waals surface area contributed by atoms with Crippen molar-refractivity contribution in [3.8, 4) is 5.75 Å². The quantitative estimate of drug-likeness (QED) is 0.198. The number of carbonyl (C=O) groups is 2. The summed E-state index contributed by atoms with van der Waals surface area (Å²) in [6.45, 7) is 2.63. The summed E-state index contributed by atoms with van der Waals surface area (Å²) in [5.74, 6) is 2.05. The minimum atomic E-state index is -0.101. The monoisotopic (exact) mass is 424 g/mol. The van der Waals surface area contributed by atoms with Crippen LogP contribution in [0.3, 0.4) is 0 Å². The van der Waals surface area contributed by atoms with Crippen LogP contribution >= 0.6 is 0 Å². The summed E-state index contributed by atoms with van der Waals surface area (Å²) in [5.41, 5.74) is 0. The van der Waals surface area contributed by atoms with E-state index in [0.29, 0.717) is 26.1 Å². The number of likely N-dealkylation sites (tertiary alicyclic amines) is 1. The molecule has 2 fully saturated rings. The first-order valence-electron chi connectivity index (χ1n) is 11.3. The van der Waals surface area contributed by atoms with Gasteiger partial charge in [0, 0.05) is 26.7 Å². The highest BCUT2D eigenvalue weighted by Gasteiger charge is 2.58. The number of nitrogens with one attached hydrogen (secondary N) is 2. The number of hydrogen-bond donors (Lipinski definition) is 2. The Morgan fingerprint density at radius 1 is 1.00 bits per heavy atom. The Labute approximate surface area is 183 Å². The number of imide groups is 1. The van der Waals surface area contributed by atoms with Crippen molar-refractivity contribution in [2.24, 2.45) is 28.7 Å². The van der Waals surface area contributed by atoms with E-state index in [-0.39, 0.29) is 35.5 Å². The fraction of sp³-hybridized carbons (Fsp3) is 0.542. The number of allylic oxidation sites excluding steroid dienone is 2. The molecule has 0 aromatic heterocycles. The summed E-state index contributed by atoms with van der Waals surface area (Å²) in [6.07, 6.45) is 7.88. The van der Waals surface area contributed by atoms with E-state index in [0.717, 1.165) is 37.5 Å². The molecule has 7 heteroatoms. The Morgan fingerprint density at radius 3 is 2.29 bits per heavy atom. The van der Waals surface area contributed by atoms with Gasteiger partial charge in [-0.15, -0.1) is 0 Å². The normalized spacial score (nSPS) is 26.5. The lowest BCUT2D eigenvalue weighted by molar-refractivity contribution is -0.140. The van der Waals surface area contributed by atoms with Gasteiger partial charge < -0.3 is 15.4 Å². The molecule has 0 radical (unpaired) electrons. The van der Waals surface area contributed by atoms with Crippen LogP contribution < -0.4 is 15.4 Å². The van der Waals surface area contributed by atoms with Crippen LogP contribution in [0.15, 0.2) is 47.5 Å². The lowest BCUT2D eigenvalue weighted by atomic mass is 9.85.